The molecule has 110 valence electrons. The predicted octanol–water partition coefficient (Wildman–Crippen LogP) is 5.72. The van der Waals surface area contributed by atoms with E-state index in [0.717, 1.165) is 18.4 Å². The van der Waals surface area contributed by atoms with Gasteiger partial charge in [-0.2, -0.15) is 0 Å². The maximum absolute atomic E-state index is 13.9. The van der Waals surface area contributed by atoms with Gasteiger partial charge < -0.3 is 0 Å². The second-order valence-corrected chi connectivity index (χ2v) is 7.17. The molecule has 0 saturated heterocycles. The average Bonchev–Trinajstić information content (AvgIpc) is 2.52. The Kier molecular flexibility index (Phi) is 4.74. The van der Waals surface area contributed by atoms with Gasteiger partial charge in [0, 0.05) is 4.83 Å². The van der Waals surface area contributed by atoms with Gasteiger partial charge in [-0.25, -0.2) is 4.39 Å². The van der Waals surface area contributed by atoms with E-state index in [2.05, 4.69) is 46.3 Å². The molecule has 2 aromatic carbocycles. The number of hydrogen-bond donors (Lipinski definition) is 0. The molecule has 0 amide bonds. The van der Waals surface area contributed by atoms with Gasteiger partial charge in [0.15, 0.2) is 0 Å². The van der Waals surface area contributed by atoms with Crippen LogP contribution in [0.1, 0.15) is 36.3 Å². The molecule has 0 N–H and O–H groups in total. The Bertz CT molecular complexity index is 581. The van der Waals surface area contributed by atoms with Crippen LogP contribution in [0.4, 0.5) is 4.39 Å². The van der Waals surface area contributed by atoms with Crippen molar-refractivity contribution in [2.45, 2.75) is 36.4 Å². The van der Waals surface area contributed by atoms with Gasteiger partial charge >= 0.3 is 0 Å². The maximum atomic E-state index is 13.9. The molecule has 1 saturated carbocycles. The van der Waals surface area contributed by atoms with E-state index in [1.807, 2.05) is 12.1 Å². The minimum Gasteiger partial charge on any atom is -0.207 e. The highest BCUT2D eigenvalue weighted by Gasteiger charge is 2.30. The molecule has 1 aliphatic rings. The van der Waals surface area contributed by atoms with Crippen LogP contribution in [0, 0.1) is 11.7 Å². The SMILES string of the molecule is Fc1ccccc1CC1CC(c2ccccc2)CCC1Br. The largest absolute Gasteiger partial charge is 0.207 e. The van der Waals surface area contributed by atoms with Gasteiger partial charge in [0.25, 0.3) is 0 Å². The standard InChI is InChI=1S/C19H20BrF/c20-18-11-10-15(14-6-2-1-3-7-14)12-17(18)13-16-8-4-5-9-19(16)21/h1-9,15,17-18H,10-13H2. The summed E-state index contributed by atoms with van der Waals surface area (Å²) in [6.45, 7) is 0. The smallest absolute Gasteiger partial charge is 0.126 e. The highest BCUT2D eigenvalue weighted by molar-refractivity contribution is 9.09. The van der Waals surface area contributed by atoms with Crippen molar-refractivity contribution in [3.05, 3.63) is 71.5 Å². The van der Waals surface area contributed by atoms with Crippen molar-refractivity contribution in [3.63, 3.8) is 0 Å². The summed E-state index contributed by atoms with van der Waals surface area (Å²) in [6, 6.07) is 17.9. The van der Waals surface area contributed by atoms with Crippen LogP contribution in [0.5, 0.6) is 0 Å². The van der Waals surface area contributed by atoms with E-state index in [-0.39, 0.29) is 5.82 Å². The Morgan fingerprint density at radius 1 is 0.952 bits per heavy atom. The predicted molar refractivity (Wildman–Crippen MR) is 89.3 cm³/mol. The first-order chi connectivity index (χ1) is 10.2. The Morgan fingerprint density at radius 2 is 1.67 bits per heavy atom. The van der Waals surface area contributed by atoms with Crippen molar-refractivity contribution < 1.29 is 4.39 Å². The maximum Gasteiger partial charge on any atom is 0.126 e. The lowest BCUT2D eigenvalue weighted by molar-refractivity contribution is 0.332. The van der Waals surface area contributed by atoms with E-state index < -0.39 is 0 Å². The summed E-state index contributed by atoms with van der Waals surface area (Å²) in [5.74, 6) is 1.04. The number of alkyl halides is 1. The quantitative estimate of drug-likeness (QED) is 0.624. The van der Waals surface area contributed by atoms with Gasteiger partial charge in [-0.15, -0.1) is 0 Å². The molecular formula is C19H20BrF. The molecule has 0 bridgehead atoms. The average molecular weight is 347 g/mol. The number of rotatable bonds is 3. The second kappa shape index (κ2) is 6.74. The third-order valence-corrected chi connectivity index (χ3v) is 5.81. The van der Waals surface area contributed by atoms with Crippen LogP contribution in [-0.4, -0.2) is 4.83 Å². The number of hydrogen-bond acceptors (Lipinski definition) is 0. The number of halogens is 2. The summed E-state index contributed by atoms with van der Waals surface area (Å²) in [7, 11) is 0. The van der Waals surface area contributed by atoms with Gasteiger partial charge in [-0.3, -0.25) is 0 Å². The highest BCUT2D eigenvalue weighted by atomic mass is 79.9. The van der Waals surface area contributed by atoms with E-state index in [4.69, 9.17) is 0 Å². The first-order valence-corrected chi connectivity index (χ1v) is 8.58. The fraction of sp³-hybridized carbons (Fsp3) is 0.368. The molecule has 0 spiro atoms. The molecule has 0 heterocycles. The summed E-state index contributed by atoms with van der Waals surface area (Å²) < 4.78 is 13.9. The molecule has 0 aromatic heterocycles. The zero-order valence-corrected chi connectivity index (χ0v) is 13.6. The molecule has 3 atom stereocenters. The monoisotopic (exact) mass is 346 g/mol. The Labute approximate surface area is 134 Å². The molecule has 1 aliphatic carbocycles. The van der Waals surface area contributed by atoms with Crippen molar-refractivity contribution in [2.24, 2.45) is 5.92 Å². The molecule has 2 heteroatoms. The molecule has 3 rings (SSSR count). The van der Waals surface area contributed by atoms with Crippen molar-refractivity contribution in [1.29, 1.82) is 0 Å². The minimum absolute atomic E-state index is 0.0703. The fourth-order valence-electron chi connectivity index (χ4n) is 3.41. The van der Waals surface area contributed by atoms with E-state index in [9.17, 15) is 4.39 Å². The van der Waals surface area contributed by atoms with Crippen LogP contribution >= 0.6 is 15.9 Å². The third-order valence-electron chi connectivity index (χ3n) is 4.60. The van der Waals surface area contributed by atoms with Crippen LogP contribution in [0.3, 0.4) is 0 Å². The summed E-state index contributed by atoms with van der Waals surface area (Å²) in [5.41, 5.74) is 2.27. The van der Waals surface area contributed by atoms with E-state index in [1.54, 1.807) is 12.1 Å². The zero-order valence-electron chi connectivity index (χ0n) is 12.0. The molecular weight excluding hydrogens is 327 g/mol. The van der Waals surface area contributed by atoms with Crippen molar-refractivity contribution in [1.82, 2.24) is 0 Å². The number of benzene rings is 2. The molecule has 2 aromatic rings. The molecule has 0 nitrogen and oxygen atoms in total. The van der Waals surface area contributed by atoms with Crippen LogP contribution in [0.25, 0.3) is 0 Å². The molecule has 0 radical (unpaired) electrons. The fourth-order valence-corrected chi connectivity index (χ4v) is 4.08. The van der Waals surface area contributed by atoms with Crippen molar-refractivity contribution in [2.75, 3.05) is 0 Å². The van der Waals surface area contributed by atoms with Crippen LogP contribution in [0.2, 0.25) is 0 Å². The summed E-state index contributed by atoms with van der Waals surface area (Å²) in [4.78, 5) is 0.497. The molecule has 0 aliphatic heterocycles. The Morgan fingerprint density at radius 3 is 2.43 bits per heavy atom. The minimum atomic E-state index is -0.0703. The Hall–Kier alpha value is -1.15. The second-order valence-electron chi connectivity index (χ2n) is 5.99. The van der Waals surface area contributed by atoms with Gasteiger partial charge in [-0.1, -0.05) is 64.5 Å². The first kappa shape index (κ1) is 14.8. The third kappa shape index (κ3) is 3.55. The lowest BCUT2D eigenvalue weighted by Gasteiger charge is -2.33. The van der Waals surface area contributed by atoms with Crippen LogP contribution in [0.15, 0.2) is 54.6 Å². The van der Waals surface area contributed by atoms with E-state index >= 15 is 0 Å². The van der Waals surface area contributed by atoms with Gasteiger partial charge in [0.05, 0.1) is 0 Å². The van der Waals surface area contributed by atoms with Gasteiger partial charge in [-0.05, 0) is 54.7 Å². The van der Waals surface area contributed by atoms with Gasteiger partial charge in [0.1, 0.15) is 5.82 Å². The van der Waals surface area contributed by atoms with Gasteiger partial charge in [0.2, 0.25) is 0 Å². The molecule has 21 heavy (non-hydrogen) atoms. The van der Waals surface area contributed by atoms with Crippen molar-refractivity contribution >= 4 is 15.9 Å². The Balaban J connectivity index is 1.74. The van der Waals surface area contributed by atoms with Crippen LogP contribution in [-0.2, 0) is 6.42 Å². The highest BCUT2D eigenvalue weighted by Crippen LogP contribution is 2.40. The van der Waals surface area contributed by atoms with E-state index in [0.29, 0.717) is 16.7 Å². The zero-order chi connectivity index (χ0) is 14.7. The topological polar surface area (TPSA) is 0 Å². The summed E-state index contributed by atoms with van der Waals surface area (Å²) >= 11 is 3.81. The normalized spacial score (nSPS) is 25.7. The summed E-state index contributed by atoms with van der Waals surface area (Å²) in [6.07, 6.45) is 4.34. The molecule has 3 unspecified atom stereocenters. The van der Waals surface area contributed by atoms with E-state index in [1.165, 1.54) is 18.4 Å². The lowest BCUT2D eigenvalue weighted by Crippen LogP contribution is -2.26. The van der Waals surface area contributed by atoms with Crippen molar-refractivity contribution in [3.8, 4) is 0 Å². The lowest BCUT2D eigenvalue weighted by atomic mass is 9.76. The van der Waals surface area contributed by atoms with Crippen LogP contribution < -0.4 is 0 Å². The summed E-state index contributed by atoms with van der Waals surface area (Å²) in [5, 5.41) is 0. The first-order valence-electron chi connectivity index (χ1n) is 7.66. The molecule has 1 fully saturated rings.